The monoisotopic (exact) mass is 428 g/mol. The first-order valence-corrected chi connectivity index (χ1v) is 11.5. The molecular formula is C25H32O6. The minimum atomic E-state index is -1.27. The smallest absolute Gasteiger partial charge is 0.276 e. The maximum absolute atomic E-state index is 13.2. The van der Waals surface area contributed by atoms with Gasteiger partial charge in [-0.1, -0.05) is 32.4 Å². The zero-order chi connectivity index (χ0) is 22.2. The molecule has 0 bridgehead atoms. The lowest BCUT2D eigenvalue weighted by atomic mass is 9.46. The highest BCUT2D eigenvalue weighted by Crippen LogP contribution is 2.69. The van der Waals surface area contributed by atoms with E-state index in [0.29, 0.717) is 18.8 Å². The minimum Gasteiger partial charge on any atom is -0.458 e. The number of rotatable bonds is 3. The largest absolute Gasteiger partial charge is 0.458 e. The Morgan fingerprint density at radius 1 is 1.35 bits per heavy atom. The van der Waals surface area contributed by atoms with Gasteiger partial charge >= 0.3 is 0 Å². The number of hydrogen-bond acceptors (Lipinski definition) is 6. The van der Waals surface area contributed by atoms with Gasteiger partial charge in [-0.2, -0.15) is 0 Å². The highest BCUT2D eigenvalue weighted by atomic mass is 16.7. The number of ketones is 2. The summed E-state index contributed by atoms with van der Waals surface area (Å²) in [6, 6.07) is 0. The van der Waals surface area contributed by atoms with Crippen LogP contribution in [0, 0.1) is 28.6 Å². The first-order chi connectivity index (χ1) is 14.7. The van der Waals surface area contributed by atoms with Crippen molar-refractivity contribution in [3.63, 3.8) is 0 Å². The third-order valence-corrected chi connectivity index (χ3v) is 9.10. The Morgan fingerprint density at radius 2 is 2.13 bits per heavy atom. The van der Waals surface area contributed by atoms with Gasteiger partial charge < -0.3 is 19.7 Å². The van der Waals surface area contributed by atoms with Crippen molar-refractivity contribution >= 4 is 11.6 Å². The number of carbonyl (C=O) groups excluding carboxylic acids is 2. The van der Waals surface area contributed by atoms with E-state index in [1.165, 1.54) is 0 Å². The van der Waals surface area contributed by atoms with E-state index in [1.54, 1.807) is 12.2 Å². The molecule has 1 aliphatic heterocycles. The molecule has 8 atom stereocenters. The van der Waals surface area contributed by atoms with Crippen molar-refractivity contribution in [1.82, 2.24) is 0 Å². The number of allylic oxidation sites excluding steroid dienone is 5. The number of fused-ring (bicyclic) bond motifs is 7. The average molecular weight is 429 g/mol. The van der Waals surface area contributed by atoms with Gasteiger partial charge in [0.25, 0.3) is 5.95 Å². The molecule has 5 aliphatic rings. The molecule has 0 amide bonds. The molecule has 1 heterocycles. The van der Waals surface area contributed by atoms with Gasteiger partial charge in [-0.05, 0) is 62.2 Å². The first kappa shape index (κ1) is 21.0. The summed E-state index contributed by atoms with van der Waals surface area (Å²) in [6.07, 6.45) is 9.51. The van der Waals surface area contributed by atoms with Crippen LogP contribution in [-0.4, -0.2) is 46.2 Å². The van der Waals surface area contributed by atoms with E-state index in [0.717, 1.165) is 24.8 Å². The third kappa shape index (κ3) is 2.52. The summed E-state index contributed by atoms with van der Waals surface area (Å²) < 4.78 is 12.4. The van der Waals surface area contributed by atoms with Gasteiger partial charge in [0, 0.05) is 16.7 Å². The van der Waals surface area contributed by atoms with E-state index in [-0.39, 0.29) is 34.7 Å². The Bertz CT molecular complexity index is 917. The summed E-state index contributed by atoms with van der Waals surface area (Å²) in [6.45, 7) is 5.53. The molecule has 0 aromatic carbocycles. The molecule has 4 aliphatic carbocycles. The second kappa shape index (κ2) is 6.79. The molecule has 0 spiro atoms. The van der Waals surface area contributed by atoms with Crippen LogP contribution in [0.25, 0.3) is 0 Å². The molecular weight excluding hydrogens is 396 g/mol. The highest BCUT2D eigenvalue weighted by Gasteiger charge is 2.76. The van der Waals surface area contributed by atoms with Crippen molar-refractivity contribution in [3.8, 4) is 0 Å². The Hall–Kier alpha value is -1.92. The Morgan fingerprint density at radius 3 is 2.84 bits per heavy atom. The normalized spacial score (nSPS) is 48.8. The summed E-state index contributed by atoms with van der Waals surface area (Å²) in [5.41, 5.74) is -1.18. The van der Waals surface area contributed by atoms with E-state index >= 15 is 0 Å². The predicted molar refractivity (Wildman–Crippen MR) is 113 cm³/mol. The van der Waals surface area contributed by atoms with Crippen LogP contribution < -0.4 is 0 Å². The lowest BCUT2D eigenvalue weighted by molar-refractivity contribution is -0.178. The van der Waals surface area contributed by atoms with E-state index < -0.39 is 29.8 Å². The van der Waals surface area contributed by atoms with Crippen LogP contribution in [0.2, 0.25) is 0 Å². The fourth-order valence-electron chi connectivity index (χ4n) is 7.86. The molecule has 7 unspecified atom stereocenters. The Balaban J connectivity index is 1.58. The summed E-state index contributed by atoms with van der Waals surface area (Å²) >= 11 is 0. The lowest BCUT2D eigenvalue weighted by Gasteiger charge is -2.59. The number of aliphatic hydroxyl groups is 2. The van der Waals surface area contributed by atoms with Gasteiger partial charge in [-0.3, -0.25) is 9.59 Å². The van der Waals surface area contributed by atoms with Crippen molar-refractivity contribution in [1.29, 1.82) is 0 Å². The van der Waals surface area contributed by atoms with Crippen LogP contribution in [0.5, 0.6) is 0 Å². The van der Waals surface area contributed by atoms with Gasteiger partial charge in [0.15, 0.2) is 5.78 Å². The molecule has 31 heavy (non-hydrogen) atoms. The fraction of sp³-hybridized carbons (Fsp3) is 0.680. The highest BCUT2D eigenvalue weighted by molar-refractivity contribution is 6.01. The number of carbonyl (C=O) groups is 2. The molecule has 2 N–H and O–H groups in total. The zero-order valence-corrected chi connectivity index (χ0v) is 18.5. The second-order valence-electron chi connectivity index (χ2n) is 10.4. The summed E-state index contributed by atoms with van der Waals surface area (Å²) in [7, 11) is 0. The molecule has 0 aromatic rings. The van der Waals surface area contributed by atoms with Crippen molar-refractivity contribution in [2.24, 2.45) is 28.6 Å². The van der Waals surface area contributed by atoms with Gasteiger partial charge in [0.2, 0.25) is 11.4 Å². The fourth-order valence-corrected chi connectivity index (χ4v) is 7.86. The van der Waals surface area contributed by atoms with Gasteiger partial charge in [0.1, 0.15) is 12.7 Å². The van der Waals surface area contributed by atoms with Crippen LogP contribution in [0.3, 0.4) is 0 Å². The van der Waals surface area contributed by atoms with Crippen LogP contribution in [0.4, 0.5) is 0 Å². The standard InChI is InChI=1S/C25H32O6/c1-4-5-21-30-20-11-17-16-7-6-14-10-15(27)8-9-23(14,2)22(16)18(28)12-24(17,3)25(20,31-21)19(29)13-26/h5,8-10,16-18,20,22,26,28H,4,6-7,11-13H2,1-3H3/b21-5+/t16?,17?,18-,20?,22?,23?,24?,25?/m0/s1. The van der Waals surface area contributed by atoms with E-state index in [9.17, 15) is 19.8 Å². The quantitative estimate of drug-likeness (QED) is 0.718. The van der Waals surface area contributed by atoms with Gasteiger partial charge in [-0.15, -0.1) is 0 Å². The maximum atomic E-state index is 13.2. The van der Waals surface area contributed by atoms with E-state index in [1.807, 2.05) is 26.0 Å². The van der Waals surface area contributed by atoms with Gasteiger partial charge in [-0.25, -0.2) is 0 Å². The van der Waals surface area contributed by atoms with Crippen LogP contribution in [0.15, 0.2) is 35.8 Å². The van der Waals surface area contributed by atoms with Crippen LogP contribution >= 0.6 is 0 Å². The number of hydrogen-bond donors (Lipinski definition) is 2. The van der Waals surface area contributed by atoms with E-state index in [4.69, 9.17) is 9.47 Å². The molecule has 5 rings (SSSR count). The minimum absolute atomic E-state index is 0.0148. The molecule has 168 valence electrons. The average Bonchev–Trinajstić information content (AvgIpc) is 3.20. The SMILES string of the molecule is CC/C=C1\OC2CC3C4CCC5=CC(=O)C=CC5(C)C4[C@@H](O)CC3(C)C2(C(=O)CO)O1. The molecule has 6 heteroatoms. The maximum Gasteiger partial charge on any atom is 0.276 e. The van der Waals surface area contributed by atoms with Crippen molar-refractivity contribution in [2.75, 3.05) is 6.61 Å². The van der Waals surface area contributed by atoms with Crippen molar-refractivity contribution in [2.45, 2.75) is 70.7 Å². The number of ether oxygens (including phenoxy) is 2. The summed E-state index contributed by atoms with van der Waals surface area (Å²) in [5, 5.41) is 21.4. The lowest BCUT2D eigenvalue weighted by Crippen LogP contribution is -2.63. The predicted octanol–water partition coefficient (Wildman–Crippen LogP) is 2.84. The Kier molecular flexibility index (Phi) is 4.59. The van der Waals surface area contributed by atoms with Crippen molar-refractivity contribution in [3.05, 3.63) is 35.8 Å². The number of aliphatic hydroxyl groups excluding tert-OH is 2. The second-order valence-corrected chi connectivity index (χ2v) is 10.4. The first-order valence-electron chi connectivity index (χ1n) is 11.5. The molecule has 3 saturated carbocycles. The number of Topliss-reactive ketones (excluding diaryl/α,β-unsaturated/α-hetero) is 1. The topological polar surface area (TPSA) is 93.1 Å². The van der Waals surface area contributed by atoms with Crippen molar-refractivity contribution < 1.29 is 29.3 Å². The third-order valence-electron chi connectivity index (χ3n) is 9.10. The molecule has 4 fully saturated rings. The molecule has 0 radical (unpaired) electrons. The van der Waals surface area contributed by atoms with Crippen LogP contribution in [0.1, 0.15) is 52.9 Å². The zero-order valence-electron chi connectivity index (χ0n) is 18.5. The van der Waals surface area contributed by atoms with Gasteiger partial charge in [0.05, 0.1) is 6.10 Å². The molecule has 0 aromatic heterocycles. The molecule has 1 saturated heterocycles. The van der Waals surface area contributed by atoms with Crippen LogP contribution in [-0.2, 0) is 19.1 Å². The summed E-state index contributed by atoms with van der Waals surface area (Å²) in [5.74, 6) is 0.280. The Labute approximate surface area is 183 Å². The van der Waals surface area contributed by atoms with E-state index in [2.05, 4.69) is 6.92 Å². The molecule has 6 nitrogen and oxygen atoms in total. The summed E-state index contributed by atoms with van der Waals surface area (Å²) in [4.78, 5) is 25.2.